The van der Waals surface area contributed by atoms with Crippen LogP contribution in [0, 0.1) is 0 Å². The lowest BCUT2D eigenvalue weighted by atomic mass is 9.96. The zero-order valence-corrected chi connectivity index (χ0v) is 45.0. The first kappa shape index (κ1) is 59.9. The third-order valence-electron chi connectivity index (χ3n) is 13.8. The number of piperidine rings is 1. The maximum atomic E-state index is 12.8. The number of aromatic nitrogens is 1. The molecule has 4 heterocycles. The number of rotatable bonds is 13. The Morgan fingerprint density at radius 1 is 0.637 bits per heavy atom. The number of likely N-dealkylation sites (tertiary alicyclic amines) is 1. The van der Waals surface area contributed by atoms with Crippen molar-refractivity contribution in [2.45, 2.75) is 57.3 Å². The third-order valence-corrected chi connectivity index (χ3v) is 13.8. The summed E-state index contributed by atoms with van der Waals surface area (Å²) in [5, 5.41) is 10.4. The molecular formula is C59H68F6N10O5. The molecule has 3 aliphatic rings. The second-order valence-electron chi connectivity index (χ2n) is 19.5. The maximum absolute atomic E-state index is 12.8. The number of halogens is 6. The number of nitrogens with zero attached hydrogens (tertiary/aromatic N) is 6. The zero-order valence-electron chi connectivity index (χ0n) is 45.0. The lowest BCUT2D eigenvalue weighted by Gasteiger charge is -2.41. The van der Waals surface area contributed by atoms with Gasteiger partial charge in [-0.25, -0.2) is 14.6 Å². The van der Waals surface area contributed by atoms with Gasteiger partial charge >= 0.3 is 24.4 Å². The molecule has 15 nitrogen and oxygen atoms in total. The number of hydrogen-bond donors (Lipinski definition) is 4. The van der Waals surface area contributed by atoms with Crippen molar-refractivity contribution in [3.8, 4) is 5.75 Å². The Kier molecular flexibility index (Phi) is 21.7. The van der Waals surface area contributed by atoms with E-state index in [0.29, 0.717) is 30.6 Å². The van der Waals surface area contributed by atoms with Gasteiger partial charge in [0.2, 0.25) is 5.91 Å². The van der Waals surface area contributed by atoms with E-state index in [2.05, 4.69) is 72.1 Å². The number of benzene rings is 5. The largest absolute Gasteiger partial charge is 0.495 e. The quantitative estimate of drug-likeness (QED) is 0.0824. The Balaban J connectivity index is 0.000000174. The number of anilines is 5. The highest BCUT2D eigenvalue weighted by atomic mass is 19.4. The summed E-state index contributed by atoms with van der Waals surface area (Å²) in [6.45, 7) is 11.2. The fourth-order valence-corrected chi connectivity index (χ4v) is 9.39. The van der Waals surface area contributed by atoms with Crippen LogP contribution in [0.25, 0.3) is 0 Å². The van der Waals surface area contributed by atoms with E-state index in [4.69, 9.17) is 9.47 Å². The van der Waals surface area contributed by atoms with E-state index in [1.165, 1.54) is 29.8 Å². The smallest absolute Gasteiger partial charge is 0.416 e. The SMILES string of the molecule is CC1CC(N(C)C(=O)Nc2ccccn2)CCN1Cc1ccccc1.COc1ccccc1N1CCN(CC(=O)Nc2cccc(C(F)(F)F)c2)CC1.O=C(Nc1ccc(CN2CCOCC2)cc1)Nc1cccc(C(F)(F)F)c1. The second kappa shape index (κ2) is 28.9. The van der Waals surface area contributed by atoms with Gasteiger partial charge < -0.3 is 35.2 Å². The molecule has 6 aromatic rings. The lowest BCUT2D eigenvalue weighted by Crippen LogP contribution is -2.50. The first-order valence-electron chi connectivity index (χ1n) is 26.3. The Bertz CT molecular complexity index is 2890. The van der Waals surface area contributed by atoms with Crippen LogP contribution in [0.5, 0.6) is 5.75 Å². The van der Waals surface area contributed by atoms with E-state index >= 15 is 0 Å². The number of urea groups is 2. The van der Waals surface area contributed by atoms with E-state index in [1.54, 1.807) is 31.5 Å². The van der Waals surface area contributed by atoms with Crippen molar-refractivity contribution in [2.24, 2.45) is 0 Å². The van der Waals surface area contributed by atoms with Crippen LogP contribution in [0.4, 0.5) is 64.5 Å². The molecule has 5 aromatic carbocycles. The molecule has 3 fully saturated rings. The van der Waals surface area contributed by atoms with Gasteiger partial charge in [0, 0.05) is 101 Å². The average molecular weight is 1110 g/mol. The van der Waals surface area contributed by atoms with E-state index < -0.39 is 29.5 Å². The number of methoxy groups -OCH3 is 1. The maximum Gasteiger partial charge on any atom is 0.416 e. The number of nitrogens with one attached hydrogen (secondary N) is 4. The monoisotopic (exact) mass is 1110 g/mol. The summed E-state index contributed by atoms with van der Waals surface area (Å²) in [5.41, 5.74) is 2.65. The highest BCUT2D eigenvalue weighted by Gasteiger charge is 2.33. The van der Waals surface area contributed by atoms with Crippen LogP contribution < -0.4 is 30.9 Å². The molecule has 1 aromatic heterocycles. The molecule has 2 unspecified atom stereocenters. The van der Waals surface area contributed by atoms with Gasteiger partial charge in [-0.2, -0.15) is 26.3 Å². The van der Waals surface area contributed by atoms with E-state index in [9.17, 15) is 40.7 Å². The fourth-order valence-electron chi connectivity index (χ4n) is 9.39. The van der Waals surface area contributed by atoms with Crippen LogP contribution >= 0.6 is 0 Å². The summed E-state index contributed by atoms with van der Waals surface area (Å²) >= 11 is 0. The van der Waals surface area contributed by atoms with E-state index in [0.717, 1.165) is 113 Å². The molecule has 2 atom stereocenters. The summed E-state index contributed by atoms with van der Waals surface area (Å²) in [6.07, 6.45) is -5.23. The summed E-state index contributed by atoms with van der Waals surface area (Å²) in [4.78, 5) is 51.6. The van der Waals surface area contributed by atoms with Crippen molar-refractivity contribution in [3.05, 3.63) is 174 Å². The zero-order chi connectivity index (χ0) is 57.1. The number of hydrogen-bond acceptors (Lipinski definition) is 10. The van der Waals surface area contributed by atoms with Gasteiger partial charge in [0.25, 0.3) is 0 Å². The molecule has 4 N–H and O–H groups in total. The predicted octanol–water partition coefficient (Wildman–Crippen LogP) is 11.3. The second-order valence-corrected chi connectivity index (χ2v) is 19.5. The minimum Gasteiger partial charge on any atom is -0.495 e. The topological polar surface area (TPSA) is 147 Å². The third kappa shape index (κ3) is 18.7. The highest BCUT2D eigenvalue weighted by molar-refractivity contribution is 5.99. The summed E-state index contributed by atoms with van der Waals surface area (Å²) in [5.74, 6) is 1.07. The van der Waals surface area contributed by atoms with E-state index in [1.807, 2.05) is 71.4 Å². The van der Waals surface area contributed by atoms with Gasteiger partial charge in [-0.3, -0.25) is 24.8 Å². The summed E-state index contributed by atoms with van der Waals surface area (Å²) < 4.78 is 87.2. The van der Waals surface area contributed by atoms with Crippen LogP contribution in [-0.4, -0.2) is 134 Å². The Morgan fingerprint density at radius 2 is 1.24 bits per heavy atom. The van der Waals surface area contributed by atoms with Gasteiger partial charge in [-0.05, 0) is 104 Å². The number of ether oxygens (including phenoxy) is 2. The van der Waals surface area contributed by atoms with Crippen LogP contribution in [0.15, 0.2) is 152 Å². The molecule has 80 heavy (non-hydrogen) atoms. The number of morpholine rings is 1. The number of amides is 5. The van der Waals surface area contributed by atoms with Crippen LogP contribution in [0.2, 0.25) is 0 Å². The minimum absolute atomic E-state index is 0.0752. The molecule has 0 aliphatic carbocycles. The standard InChI is InChI=1S/C20H22F3N3O2.C20H26N4O.C19H20F3N3O2/c1-28-18-8-3-2-7-17(18)26-11-9-25(10-12-26)14-19(27)24-16-6-4-5-15(13-16)20(21,22)23;1-16-14-18(11-13-24(16)15-17-8-4-3-5-9-17)23(2)20(25)22-19-10-6-7-12-21-19;20-19(21,22)15-2-1-3-17(12-15)24-18(26)23-16-6-4-14(5-7-16)13-25-8-10-27-11-9-25/h2-8,13H,9-12,14H2,1H3,(H,24,27);3-10,12,16,18H,11,13-15H2,1-2H3,(H,21,22,25);1-7,12H,8-11,13H2,(H2,23,24,26). The molecule has 0 bridgehead atoms. The van der Waals surface area contributed by atoms with Crippen molar-refractivity contribution in [2.75, 3.05) is 106 Å². The lowest BCUT2D eigenvalue weighted by molar-refractivity contribution is -0.138. The molecular weight excluding hydrogens is 1040 g/mol. The number of carbonyl (C=O) groups excluding carboxylic acids is 3. The van der Waals surface area contributed by atoms with Crippen molar-refractivity contribution < 1.29 is 50.2 Å². The number of alkyl halides is 6. The van der Waals surface area contributed by atoms with Crippen molar-refractivity contribution >= 4 is 46.5 Å². The van der Waals surface area contributed by atoms with Crippen LogP contribution in [0.3, 0.4) is 0 Å². The molecule has 0 radical (unpaired) electrons. The van der Waals surface area contributed by atoms with Crippen molar-refractivity contribution in [3.63, 3.8) is 0 Å². The minimum atomic E-state index is -4.45. The number of carbonyl (C=O) groups is 3. The normalized spacial score (nSPS) is 17.1. The Morgan fingerprint density at radius 3 is 1.85 bits per heavy atom. The molecule has 0 saturated carbocycles. The van der Waals surface area contributed by atoms with Crippen LogP contribution in [-0.2, 0) is 35.0 Å². The molecule has 5 amide bonds. The Labute approximate surface area is 462 Å². The van der Waals surface area contributed by atoms with Gasteiger partial charge in [0.05, 0.1) is 43.7 Å². The average Bonchev–Trinajstić information content (AvgIpc) is 3.45. The molecule has 21 heteroatoms. The van der Waals surface area contributed by atoms with Crippen LogP contribution in [0.1, 0.15) is 42.0 Å². The Hall–Kier alpha value is -7.72. The number of piperazine rings is 1. The summed E-state index contributed by atoms with van der Waals surface area (Å²) in [7, 11) is 3.51. The van der Waals surface area contributed by atoms with Gasteiger partial charge in [0.15, 0.2) is 0 Å². The first-order chi connectivity index (χ1) is 38.4. The van der Waals surface area contributed by atoms with Gasteiger partial charge in [-0.1, -0.05) is 72.8 Å². The number of pyridine rings is 1. The molecule has 426 valence electrons. The van der Waals surface area contributed by atoms with Crippen molar-refractivity contribution in [1.82, 2.24) is 24.6 Å². The van der Waals surface area contributed by atoms with Gasteiger partial charge in [-0.15, -0.1) is 0 Å². The highest BCUT2D eigenvalue weighted by Crippen LogP contribution is 2.33. The van der Waals surface area contributed by atoms with E-state index in [-0.39, 0.29) is 35.9 Å². The molecule has 9 rings (SSSR count). The fraction of sp³-hybridized carbons (Fsp3) is 0.356. The summed E-state index contributed by atoms with van der Waals surface area (Å²) in [6, 6.07) is 40.4. The molecule has 3 saturated heterocycles. The number of para-hydroxylation sites is 2. The molecule has 0 spiro atoms. The van der Waals surface area contributed by atoms with Crippen molar-refractivity contribution in [1.29, 1.82) is 0 Å². The first-order valence-corrected chi connectivity index (χ1v) is 26.3. The van der Waals surface area contributed by atoms with Gasteiger partial charge in [0.1, 0.15) is 11.6 Å². The predicted molar refractivity (Wildman–Crippen MR) is 299 cm³/mol. The molecule has 3 aliphatic heterocycles.